The first kappa shape index (κ1) is 21.8. The minimum atomic E-state index is -0.344. The van der Waals surface area contributed by atoms with Crippen LogP contribution in [-0.4, -0.2) is 20.9 Å². The molecule has 31 heavy (non-hydrogen) atoms. The van der Waals surface area contributed by atoms with Gasteiger partial charge < -0.3 is 5.32 Å². The molecule has 0 saturated heterocycles. The number of hydrogen-bond acceptors (Lipinski definition) is 5. The van der Waals surface area contributed by atoms with Crippen molar-refractivity contribution in [2.45, 2.75) is 16.5 Å². The lowest BCUT2D eigenvalue weighted by atomic mass is 10.0. The minimum absolute atomic E-state index is 0.0902. The molecule has 8 heteroatoms. The van der Waals surface area contributed by atoms with Crippen molar-refractivity contribution in [1.82, 2.24) is 9.78 Å². The zero-order valence-electron chi connectivity index (χ0n) is 16.5. The first-order valence-corrected chi connectivity index (χ1v) is 12.0. The first-order chi connectivity index (χ1) is 15.0. The van der Waals surface area contributed by atoms with Crippen molar-refractivity contribution in [3.63, 3.8) is 0 Å². The molecular formula is C23H18ClN3OS3. The lowest BCUT2D eigenvalue weighted by Crippen LogP contribution is -2.22. The van der Waals surface area contributed by atoms with Crippen molar-refractivity contribution in [3.8, 4) is 16.8 Å². The lowest BCUT2D eigenvalue weighted by Gasteiger charge is -2.14. The van der Waals surface area contributed by atoms with Crippen molar-refractivity contribution in [1.29, 1.82) is 0 Å². The minimum Gasteiger partial charge on any atom is -0.325 e. The summed E-state index contributed by atoms with van der Waals surface area (Å²) in [7, 11) is 0. The number of hydrogen-bond donors (Lipinski definition) is 1. The van der Waals surface area contributed by atoms with Gasteiger partial charge in [0.2, 0.25) is 5.91 Å². The number of thioether (sulfide) groups is 1. The fraction of sp³-hybridized carbons (Fsp3) is 0.0870. The fourth-order valence-corrected chi connectivity index (χ4v) is 5.59. The van der Waals surface area contributed by atoms with Gasteiger partial charge in [-0.1, -0.05) is 83.2 Å². The van der Waals surface area contributed by atoms with Crippen LogP contribution in [0.3, 0.4) is 0 Å². The molecular weight excluding hydrogens is 466 g/mol. The van der Waals surface area contributed by atoms with Crippen molar-refractivity contribution >= 4 is 58.5 Å². The maximum absolute atomic E-state index is 12.9. The maximum atomic E-state index is 12.9. The van der Waals surface area contributed by atoms with Gasteiger partial charge in [-0.3, -0.25) is 4.79 Å². The number of carbonyl (C=O) groups excluding carboxylic acids is 1. The molecule has 1 aromatic heterocycles. The van der Waals surface area contributed by atoms with E-state index in [1.54, 1.807) is 16.8 Å². The second-order valence-corrected chi connectivity index (χ2v) is 10.3. The van der Waals surface area contributed by atoms with Gasteiger partial charge in [-0.25, -0.2) is 4.68 Å². The highest BCUT2D eigenvalue weighted by atomic mass is 35.5. The van der Waals surface area contributed by atoms with Gasteiger partial charge in [0.1, 0.15) is 0 Å². The number of rotatable bonds is 6. The van der Waals surface area contributed by atoms with E-state index >= 15 is 0 Å². The van der Waals surface area contributed by atoms with Crippen LogP contribution in [0.1, 0.15) is 6.92 Å². The molecule has 0 bridgehead atoms. The van der Waals surface area contributed by atoms with E-state index in [1.165, 1.54) is 23.1 Å². The van der Waals surface area contributed by atoms with Crippen molar-refractivity contribution in [3.05, 3.63) is 87.8 Å². The largest absolute Gasteiger partial charge is 0.325 e. The van der Waals surface area contributed by atoms with Crippen LogP contribution >= 0.6 is 46.9 Å². The van der Waals surface area contributed by atoms with Crippen molar-refractivity contribution in [2.24, 2.45) is 0 Å². The third kappa shape index (κ3) is 5.25. The van der Waals surface area contributed by atoms with Gasteiger partial charge in [-0.15, -0.1) is 5.10 Å². The van der Waals surface area contributed by atoms with Gasteiger partial charge in [0.05, 0.1) is 10.9 Å². The molecule has 4 rings (SSSR count). The lowest BCUT2D eigenvalue weighted by molar-refractivity contribution is -0.115. The zero-order valence-corrected chi connectivity index (χ0v) is 19.7. The van der Waals surface area contributed by atoms with Crippen LogP contribution in [0, 0.1) is 3.95 Å². The van der Waals surface area contributed by atoms with Crippen molar-refractivity contribution < 1.29 is 4.79 Å². The molecule has 1 N–H and O–H groups in total. The van der Waals surface area contributed by atoms with E-state index in [0.29, 0.717) is 8.98 Å². The summed E-state index contributed by atoms with van der Waals surface area (Å²) in [4.78, 5) is 12.9. The third-order valence-corrected chi connectivity index (χ3v) is 7.19. The molecule has 1 heterocycles. The monoisotopic (exact) mass is 483 g/mol. The Morgan fingerprint density at radius 2 is 1.74 bits per heavy atom. The Balaban J connectivity index is 1.49. The van der Waals surface area contributed by atoms with Crippen LogP contribution in [0.2, 0.25) is 5.02 Å². The number of para-hydroxylation sites is 1. The number of halogens is 1. The molecule has 156 valence electrons. The number of nitrogens with one attached hydrogen (secondary N) is 1. The van der Waals surface area contributed by atoms with E-state index in [4.69, 9.17) is 23.8 Å². The Morgan fingerprint density at radius 3 is 2.48 bits per heavy atom. The molecule has 0 aliphatic carbocycles. The maximum Gasteiger partial charge on any atom is 0.237 e. The van der Waals surface area contributed by atoms with Crippen LogP contribution in [-0.2, 0) is 4.79 Å². The molecule has 0 saturated carbocycles. The summed E-state index contributed by atoms with van der Waals surface area (Å²) < 4.78 is 3.04. The second-order valence-electron chi connectivity index (χ2n) is 6.68. The summed E-state index contributed by atoms with van der Waals surface area (Å²) in [5.74, 6) is -0.0902. The fourth-order valence-electron chi connectivity index (χ4n) is 2.95. The topological polar surface area (TPSA) is 46.9 Å². The van der Waals surface area contributed by atoms with E-state index in [1.807, 2.05) is 73.7 Å². The molecule has 0 spiro atoms. The van der Waals surface area contributed by atoms with E-state index < -0.39 is 0 Å². The molecule has 4 nitrogen and oxygen atoms in total. The normalized spacial score (nSPS) is 11.8. The SMILES string of the molecule is C[C@H](Sc1nn(-c2ccc(Cl)cc2)c(=S)s1)C(=O)Nc1ccccc1-c1ccccc1. The quantitative estimate of drug-likeness (QED) is 0.234. The first-order valence-electron chi connectivity index (χ1n) is 9.49. The predicted molar refractivity (Wildman–Crippen MR) is 133 cm³/mol. The molecule has 0 aliphatic heterocycles. The predicted octanol–water partition coefficient (Wildman–Crippen LogP) is 7.10. The van der Waals surface area contributed by atoms with Crippen LogP contribution in [0.4, 0.5) is 5.69 Å². The Morgan fingerprint density at radius 1 is 1.06 bits per heavy atom. The van der Waals surface area contributed by atoms with Gasteiger partial charge >= 0.3 is 0 Å². The van der Waals surface area contributed by atoms with Gasteiger partial charge in [-0.05, 0) is 55.0 Å². The Kier molecular flexibility index (Phi) is 6.87. The van der Waals surface area contributed by atoms with Crippen molar-refractivity contribution in [2.75, 3.05) is 5.32 Å². The molecule has 3 aromatic carbocycles. The summed E-state index contributed by atoms with van der Waals surface area (Å²) in [5, 5.41) is 7.94. The summed E-state index contributed by atoms with van der Waals surface area (Å²) in [6.45, 7) is 1.86. The number of aromatic nitrogens is 2. The number of carbonyl (C=O) groups is 1. The van der Waals surface area contributed by atoms with E-state index in [-0.39, 0.29) is 11.2 Å². The standard InChI is InChI=1S/C23H18ClN3OS3/c1-15(30-22-26-27(23(29)31-22)18-13-11-17(24)12-14-18)21(28)25-20-10-6-5-9-19(20)16-7-3-2-4-8-16/h2-15H,1H3,(H,25,28)/t15-/m0/s1. The average Bonchev–Trinajstić information content (AvgIpc) is 3.15. The molecule has 1 atom stereocenters. The van der Waals surface area contributed by atoms with Gasteiger partial charge in [-0.2, -0.15) is 0 Å². The van der Waals surface area contributed by atoms with Gasteiger partial charge in [0, 0.05) is 16.3 Å². The number of amides is 1. The highest BCUT2D eigenvalue weighted by molar-refractivity contribution is 8.02. The Bertz CT molecular complexity index is 1250. The van der Waals surface area contributed by atoms with Crippen LogP contribution in [0.15, 0.2) is 83.2 Å². The molecule has 4 aromatic rings. The second kappa shape index (κ2) is 9.78. The average molecular weight is 484 g/mol. The molecule has 0 fully saturated rings. The Labute approximate surface area is 198 Å². The molecule has 0 aliphatic rings. The molecule has 1 amide bonds. The van der Waals surface area contributed by atoms with E-state index in [2.05, 4.69) is 10.4 Å². The highest BCUT2D eigenvalue weighted by Crippen LogP contribution is 2.31. The summed E-state index contributed by atoms with van der Waals surface area (Å²) in [5.41, 5.74) is 3.66. The van der Waals surface area contributed by atoms with Crippen LogP contribution in [0.25, 0.3) is 16.8 Å². The summed E-state index contributed by atoms with van der Waals surface area (Å²) >= 11 is 14.2. The molecule has 0 unspecified atom stereocenters. The third-order valence-electron chi connectivity index (χ3n) is 4.52. The highest BCUT2D eigenvalue weighted by Gasteiger charge is 2.19. The molecule has 0 radical (unpaired) electrons. The van der Waals surface area contributed by atoms with Gasteiger partial charge in [0.15, 0.2) is 8.29 Å². The smallest absolute Gasteiger partial charge is 0.237 e. The van der Waals surface area contributed by atoms with Crippen LogP contribution in [0.5, 0.6) is 0 Å². The van der Waals surface area contributed by atoms with E-state index in [0.717, 1.165) is 26.8 Å². The van der Waals surface area contributed by atoms with Crippen LogP contribution < -0.4 is 5.32 Å². The van der Waals surface area contributed by atoms with Gasteiger partial charge in [0.25, 0.3) is 0 Å². The number of benzene rings is 3. The number of anilines is 1. The Hall–Kier alpha value is -2.45. The van der Waals surface area contributed by atoms with E-state index in [9.17, 15) is 4.79 Å². The zero-order chi connectivity index (χ0) is 21.8. The summed E-state index contributed by atoms with van der Waals surface area (Å²) in [6, 6.07) is 25.1. The summed E-state index contributed by atoms with van der Waals surface area (Å²) in [6.07, 6.45) is 0. The number of nitrogens with zero attached hydrogens (tertiary/aromatic N) is 2.